The lowest BCUT2D eigenvalue weighted by Crippen LogP contribution is -1.85. The zero-order valence-electron chi connectivity index (χ0n) is 6.75. The monoisotopic (exact) mass is 197 g/mol. The summed E-state index contributed by atoms with van der Waals surface area (Å²) < 4.78 is 0. The molecule has 0 aliphatic rings. The van der Waals surface area contributed by atoms with Gasteiger partial charge in [0.1, 0.15) is 6.61 Å². The molecule has 13 heavy (non-hydrogen) atoms. The highest BCUT2D eigenvalue weighted by molar-refractivity contribution is 6.31. The first-order valence-corrected chi connectivity index (χ1v) is 4.21. The molecule has 0 bridgehead atoms. The molecule has 3 nitrogen and oxygen atoms in total. The van der Waals surface area contributed by atoms with Crippen LogP contribution >= 0.6 is 11.6 Å². The van der Waals surface area contributed by atoms with Gasteiger partial charge in [0.05, 0.1) is 0 Å². The smallest absolute Gasteiger partial charge is 0.122 e. The van der Waals surface area contributed by atoms with Gasteiger partial charge >= 0.3 is 0 Å². The van der Waals surface area contributed by atoms with Crippen LogP contribution in [0.3, 0.4) is 0 Å². The fourth-order valence-corrected chi connectivity index (χ4v) is 1.49. The van der Waals surface area contributed by atoms with Gasteiger partial charge in [0.2, 0.25) is 0 Å². The Morgan fingerprint density at radius 3 is 3.00 bits per heavy atom. The first-order chi connectivity index (χ1) is 6.29. The Morgan fingerprint density at radius 2 is 2.23 bits per heavy atom. The van der Waals surface area contributed by atoms with Crippen molar-refractivity contribution in [2.75, 3.05) is 0 Å². The van der Waals surface area contributed by atoms with E-state index in [-0.39, 0.29) is 6.61 Å². The molecule has 0 atom stereocenters. The first-order valence-electron chi connectivity index (χ1n) is 3.83. The lowest BCUT2D eigenvalue weighted by atomic mass is 10.2. The SMILES string of the molecule is OOCc1cc2cc(Cl)ccc2[nH]1. The van der Waals surface area contributed by atoms with Crippen molar-refractivity contribution >= 4 is 22.5 Å². The van der Waals surface area contributed by atoms with Gasteiger partial charge in [-0.1, -0.05) is 11.6 Å². The second-order valence-electron chi connectivity index (χ2n) is 2.80. The summed E-state index contributed by atoms with van der Waals surface area (Å²) in [6.07, 6.45) is 0. The number of H-pyrrole nitrogens is 1. The van der Waals surface area contributed by atoms with Crippen LogP contribution in [0.15, 0.2) is 24.3 Å². The fraction of sp³-hybridized carbons (Fsp3) is 0.111. The minimum absolute atomic E-state index is 0.159. The summed E-state index contributed by atoms with van der Waals surface area (Å²) >= 11 is 5.81. The lowest BCUT2D eigenvalue weighted by Gasteiger charge is -1.90. The largest absolute Gasteiger partial charge is 0.356 e. The van der Waals surface area contributed by atoms with E-state index >= 15 is 0 Å². The Morgan fingerprint density at radius 1 is 1.38 bits per heavy atom. The number of nitrogens with one attached hydrogen (secondary N) is 1. The molecule has 1 heterocycles. The third-order valence-electron chi connectivity index (χ3n) is 1.86. The Bertz CT molecular complexity index is 424. The van der Waals surface area contributed by atoms with Crippen LogP contribution in [0.4, 0.5) is 0 Å². The molecule has 68 valence electrons. The maximum atomic E-state index is 8.25. The number of hydrogen-bond acceptors (Lipinski definition) is 2. The predicted octanol–water partition coefficient (Wildman–Crippen LogP) is 2.81. The van der Waals surface area contributed by atoms with E-state index in [1.807, 2.05) is 24.3 Å². The number of halogens is 1. The van der Waals surface area contributed by atoms with Crippen molar-refractivity contribution in [2.45, 2.75) is 6.61 Å². The van der Waals surface area contributed by atoms with Crippen LogP contribution in [0.2, 0.25) is 5.02 Å². The van der Waals surface area contributed by atoms with Crippen molar-refractivity contribution in [2.24, 2.45) is 0 Å². The molecule has 1 aromatic carbocycles. The minimum atomic E-state index is 0.159. The minimum Gasteiger partial charge on any atom is -0.356 e. The summed E-state index contributed by atoms with van der Waals surface area (Å²) in [4.78, 5) is 7.10. The average Bonchev–Trinajstić information content (AvgIpc) is 2.46. The number of fused-ring (bicyclic) bond motifs is 1. The quantitative estimate of drug-likeness (QED) is 0.575. The number of benzene rings is 1. The predicted molar refractivity (Wildman–Crippen MR) is 50.7 cm³/mol. The summed E-state index contributed by atoms with van der Waals surface area (Å²) in [6.45, 7) is 0.159. The summed E-state index contributed by atoms with van der Waals surface area (Å²) in [7, 11) is 0. The lowest BCUT2D eigenvalue weighted by molar-refractivity contribution is -0.253. The normalized spacial score (nSPS) is 10.9. The van der Waals surface area contributed by atoms with Crippen LogP contribution in [0.5, 0.6) is 0 Å². The van der Waals surface area contributed by atoms with Crippen molar-refractivity contribution < 1.29 is 10.1 Å². The van der Waals surface area contributed by atoms with E-state index in [9.17, 15) is 0 Å². The molecule has 2 rings (SSSR count). The molecular formula is C9H8ClNO2. The van der Waals surface area contributed by atoms with E-state index in [2.05, 4.69) is 9.87 Å². The van der Waals surface area contributed by atoms with E-state index in [1.165, 1.54) is 0 Å². The number of aromatic nitrogens is 1. The van der Waals surface area contributed by atoms with Crippen molar-refractivity contribution in [3.63, 3.8) is 0 Å². The van der Waals surface area contributed by atoms with Crippen LogP contribution < -0.4 is 0 Å². The second-order valence-corrected chi connectivity index (χ2v) is 3.24. The first kappa shape index (κ1) is 8.56. The van der Waals surface area contributed by atoms with Crippen LogP contribution in [0.25, 0.3) is 10.9 Å². The summed E-state index contributed by atoms with van der Waals surface area (Å²) in [5.41, 5.74) is 1.80. The summed E-state index contributed by atoms with van der Waals surface area (Å²) in [6, 6.07) is 7.44. The molecule has 4 heteroatoms. The topological polar surface area (TPSA) is 45.2 Å². The molecule has 2 N–H and O–H groups in total. The molecule has 0 saturated heterocycles. The van der Waals surface area contributed by atoms with Crippen LogP contribution in [-0.4, -0.2) is 10.2 Å². The van der Waals surface area contributed by atoms with Crippen LogP contribution in [0, 0.1) is 0 Å². The number of aromatic amines is 1. The standard InChI is InChI=1S/C9H8ClNO2/c10-7-1-2-9-6(3-7)4-8(11-9)5-13-12/h1-4,11-12H,5H2. The van der Waals surface area contributed by atoms with Gasteiger partial charge in [-0.2, -0.15) is 0 Å². The van der Waals surface area contributed by atoms with Crippen LogP contribution in [-0.2, 0) is 11.5 Å². The molecule has 0 saturated carbocycles. The maximum Gasteiger partial charge on any atom is 0.122 e. The Labute approximate surface area is 79.8 Å². The van der Waals surface area contributed by atoms with Gasteiger partial charge in [-0.3, -0.25) is 5.26 Å². The van der Waals surface area contributed by atoms with E-state index in [1.54, 1.807) is 0 Å². The molecular weight excluding hydrogens is 190 g/mol. The molecule has 0 aliphatic heterocycles. The number of rotatable bonds is 2. The summed E-state index contributed by atoms with van der Waals surface area (Å²) in [5.74, 6) is 0. The third-order valence-corrected chi connectivity index (χ3v) is 2.09. The fourth-order valence-electron chi connectivity index (χ4n) is 1.31. The highest BCUT2D eigenvalue weighted by Gasteiger charge is 2.00. The highest BCUT2D eigenvalue weighted by atomic mass is 35.5. The van der Waals surface area contributed by atoms with Gasteiger partial charge in [-0.25, -0.2) is 4.89 Å². The van der Waals surface area contributed by atoms with Crippen LogP contribution in [0.1, 0.15) is 5.69 Å². The van der Waals surface area contributed by atoms with Crippen molar-refractivity contribution in [1.82, 2.24) is 4.98 Å². The zero-order chi connectivity index (χ0) is 9.26. The van der Waals surface area contributed by atoms with Gasteiger partial charge < -0.3 is 4.98 Å². The van der Waals surface area contributed by atoms with Crippen molar-refractivity contribution in [3.8, 4) is 0 Å². The van der Waals surface area contributed by atoms with E-state index in [0.29, 0.717) is 5.02 Å². The van der Waals surface area contributed by atoms with Gasteiger partial charge in [0.25, 0.3) is 0 Å². The van der Waals surface area contributed by atoms with Gasteiger partial charge in [0.15, 0.2) is 0 Å². The van der Waals surface area contributed by atoms with E-state index in [4.69, 9.17) is 16.9 Å². The Kier molecular flexibility index (Phi) is 2.22. The highest BCUT2D eigenvalue weighted by Crippen LogP contribution is 2.20. The summed E-state index contributed by atoms with van der Waals surface area (Å²) in [5, 5.41) is 9.96. The van der Waals surface area contributed by atoms with Crippen molar-refractivity contribution in [3.05, 3.63) is 35.0 Å². The molecule has 0 amide bonds. The molecule has 0 fully saturated rings. The van der Waals surface area contributed by atoms with Gasteiger partial charge in [0, 0.05) is 21.6 Å². The average molecular weight is 198 g/mol. The van der Waals surface area contributed by atoms with Crippen molar-refractivity contribution in [1.29, 1.82) is 0 Å². The number of hydrogen-bond donors (Lipinski definition) is 2. The molecule has 0 aliphatic carbocycles. The molecule has 2 aromatic rings. The molecule has 1 aromatic heterocycles. The third kappa shape index (κ3) is 1.67. The van der Waals surface area contributed by atoms with E-state index in [0.717, 1.165) is 16.6 Å². The maximum absolute atomic E-state index is 8.25. The van der Waals surface area contributed by atoms with Gasteiger partial charge in [-0.15, -0.1) is 0 Å². The van der Waals surface area contributed by atoms with E-state index < -0.39 is 0 Å². The molecule has 0 unspecified atom stereocenters. The zero-order valence-corrected chi connectivity index (χ0v) is 7.51. The molecule has 0 spiro atoms. The Hall–Kier alpha value is -1.03. The molecule has 0 radical (unpaired) electrons. The second kappa shape index (κ2) is 3.38. The Balaban J connectivity index is 2.49. The van der Waals surface area contributed by atoms with Gasteiger partial charge in [-0.05, 0) is 24.3 Å².